The van der Waals surface area contributed by atoms with Gasteiger partial charge < -0.3 is 19.6 Å². The van der Waals surface area contributed by atoms with Crippen molar-refractivity contribution in [3.05, 3.63) is 35.4 Å². The van der Waals surface area contributed by atoms with Crippen molar-refractivity contribution < 1.29 is 13.7 Å². The SMILES string of the molecule is Cc1ccc(CNC(=O)c2noc(C3CCCN3)n2)o1. The molecule has 20 heavy (non-hydrogen) atoms. The molecule has 0 aliphatic carbocycles. The summed E-state index contributed by atoms with van der Waals surface area (Å²) in [6.45, 7) is 3.09. The zero-order valence-corrected chi connectivity index (χ0v) is 11.2. The van der Waals surface area contributed by atoms with Crippen LogP contribution in [0.1, 0.15) is 46.9 Å². The molecule has 0 radical (unpaired) electrons. The zero-order valence-electron chi connectivity index (χ0n) is 11.2. The summed E-state index contributed by atoms with van der Waals surface area (Å²) in [6, 6.07) is 3.73. The summed E-state index contributed by atoms with van der Waals surface area (Å²) in [5.74, 6) is 1.66. The van der Waals surface area contributed by atoms with Gasteiger partial charge in [0.2, 0.25) is 5.89 Å². The predicted octanol–water partition coefficient (Wildman–Crippen LogP) is 1.33. The van der Waals surface area contributed by atoms with Crippen LogP contribution in [0.3, 0.4) is 0 Å². The smallest absolute Gasteiger partial charge is 0.293 e. The van der Waals surface area contributed by atoms with E-state index < -0.39 is 0 Å². The lowest BCUT2D eigenvalue weighted by Crippen LogP contribution is -2.24. The number of carbonyl (C=O) groups excluding carboxylic acids is 1. The highest BCUT2D eigenvalue weighted by Crippen LogP contribution is 2.20. The highest BCUT2D eigenvalue weighted by atomic mass is 16.5. The third-order valence-electron chi connectivity index (χ3n) is 3.22. The molecule has 2 aromatic rings. The van der Waals surface area contributed by atoms with Gasteiger partial charge in [0.15, 0.2) is 0 Å². The Bertz CT molecular complexity index is 598. The van der Waals surface area contributed by atoms with Gasteiger partial charge in [-0.15, -0.1) is 0 Å². The Hall–Kier alpha value is -2.15. The first kappa shape index (κ1) is 12.9. The van der Waals surface area contributed by atoms with Crippen LogP contribution in [0, 0.1) is 6.92 Å². The van der Waals surface area contributed by atoms with Crippen molar-refractivity contribution in [1.29, 1.82) is 0 Å². The van der Waals surface area contributed by atoms with Crippen LogP contribution in [0.25, 0.3) is 0 Å². The van der Waals surface area contributed by atoms with Crippen molar-refractivity contribution in [2.45, 2.75) is 32.4 Å². The first-order valence-corrected chi connectivity index (χ1v) is 6.63. The van der Waals surface area contributed by atoms with Crippen molar-refractivity contribution >= 4 is 5.91 Å². The van der Waals surface area contributed by atoms with Gasteiger partial charge in [0, 0.05) is 0 Å². The first-order valence-electron chi connectivity index (χ1n) is 6.63. The maximum atomic E-state index is 11.9. The average Bonchev–Trinajstić information content (AvgIpc) is 3.16. The lowest BCUT2D eigenvalue weighted by atomic mass is 10.2. The zero-order chi connectivity index (χ0) is 13.9. The minimum absolute atomic E-state index is 0.0528. The Labute approximate surface area is 115 Å². The first-order chi connectivity index (χ1) is 9.72. The van der Waals surface area contributed by atoms with E-state index >= 15 is 0 Å². The maximum absolute atomic E-state index is 11.9. The van der Waals surface area contributed by atoms with Crippen LogP contribution in [0.15, 0.2) is 21.1 Å². The third-order valence-corrected chi connectivity index (χ3v) is 3.22. The van der Waals surface area contributed by atoms with Crippen LogP contribution in [0.4, 0.5) is 0 Å². The van der Waals surface area contributed by atoms with Crippen LogP contribution >= 0.6 is 0 Å². The molecular formula is C13H16N4O3. The number of aromatic nitrogens is 2. The molecule has 1 fully saturated rings. The molecule has 0 aromatic carbocycles. The van der Waals surface area contributed by atoms with Gasteiger partial charge in [0.05, 0.1) is 12.6 Å². The summed E-state index contributed by atoms with van der Waals surface area (Å²) >= 11 is 0. The molecule has 0 bridgehead atoms. The van der Waals surface area contributed by atoms with E-state index in [1.807, 2.05) is 19.1 Å². The number of amides is 1. The van der Waals surface area contributed by atoms with Crippen molar-refractivity contribution in [2.24, 2.45) is 0 Å². The average molecular weight is 276 g/mol. The van der Waals surface area contributed by atoms with Gasteiger partial charge in [0.1, 0.15) is 11.5 Å². The molecule has 1 aliphatic heterocycles. The molecule has 0 saturated carbocycles. The summed E-state index contributed by atoms with van der Waals surface area (Å²) in [5, 5.41) is 9.65. The van der Waals surface area contributed by atoms with E-state index in [0.717, 1.165) is 25.1 Å². The standard InChI is InChI=1S/C13H16N4O3/c1-8-4-5-9(19-8)7-15-12(18)11-16-13(20-17-11)10-3-2-6-14-10/h4-5,10,14H,2-3,6-7H2,1H3,(H,15,18). The normalized spacial score (nSPS) is 18.4. The number of furan rings is 1. The summed E-state index contributed by atoms with van der Waals surface area (Å²) in [5.41, 5.74) is 0. The van der Waals surface area contributed by atoms with Crippen molar-refractivity contribution in [3.8, 4) is 0 Å². The highest BCUT2D eigenvalue weighted by molar-refractivity contribution is 5.90. The fraction of sp³-hybridized carbons (Fsp3) is 0.462. The van der Waals surface area contributed by atoms with Crippen LogP contribution in [0.5, 0.6) is 0 Å². The molecule has 106 valence electrons. The van der Waals surface area contributed by atoms with Crippen LogP contribution in [0.2, 0.25) is 0 Å². The van der Waals surface area contributed by atoms with Crippen molar-refractivity contribution in [1.82, 2.24) is 20.8 Å². The van der Waals surface area contributed by atoms with E-state index in [0.29, 0.717) is 18.2 Å². The number of nitrogens with one attached hydrogen (secondary N) is 2. The number of rotatable bonds is 4. The van der Waals surface area contributed by atoms with Gasteiger partial charge in [0.25, 0.3) is 11.7 Å². The lowest BCUT2D eigenvalue weighted by Gasteiger charge is -2.01. The van der Waals surface area contributed by atoms with E-state index in [4.69, 9.17) is 8.94 Å². The monoisotopic (exact) mass is 276 g/mol. The largest absolute Gasteiger partial charge is 0.465 e. The molecule has 0 spiro atoms. The Morgan fingerprint density at radius 1 is 1.55 bits per heavy atom. The second kappa shape index (κ2) is 5.46. The van der Waals surface area contributed by atoms with Gasteiger partial charge in [-0.05, 0) is 38.4 Å². The second-order valence-electron chi connectivity index (χ2n) is 4.80. The number of aryl methyl sites for hydroxylation is 1. The van der Waals surface area contributed by atoms with Crippen LogP contribution < -0.4 is 10.6 Å². The quantitative estimate of drug-likeness (QED) is 0.875. The molecule has 1 unspecified atom stereocenters. The van der Waals surface area contributed by atoms with E-state index in [9.17, 15) is 4.79 Å². The number of carbonyl (C=O) groups is 1. The van der Waals surface area contributed by atoms with E-state index in [1.54, 1.807) is 0 Å². The second-order valence-corrected chi connectivity index (χ2v) is 4.80. The van der Waals surface area contributed by atoms with Gasteiger partial charge in [-0.2, -0.15) is 4.98 Å². The fourth-order valence-corrected chi connectivity index (χ4v) is 2.19. The summed E-state index contributed by atoms with van der Waals surface area (Å²) in [6.07, 6.45) is 2.03. The van der Waals surface area contributed by atoms with E-state index in [2.05, 4.69) is 20.8 Å². The Morgan fingerprint density at radius 2 is 2.45 bits per heavy atom. The van der Waals surface area contributed by atoms with Crippen LogP contribution in [-0.4, -0.2) is 22.6 Å². The minimum atomic E-state index is -0.368. The van der Waals surface area contributed by atoms with Crippen molar-refractivity contribution in [3.63, 3.8) is 0 Å². The minimum Gasteiger partial charge on any atom is -0.465 e. The summed E-state index contributed by atoms with van der Waals surface area (Å²) in [7, 11) is 0. The molecule has 2 aromatic heterocycles. The van der Waals surface area contributed by atoms with Gasteiger partial charge >= 0.3 is 0 Å². The maximum Gasteiger partial charge on any atom is 0.293 e. The summed E-state index contributed by atoms with van der Waals surface area (Å²) in [4.78, 5) is 16.0. The van der Waals surface area contributed by atoms with Gasteiger partial charge in [-0.1, -0.05) is 5.16 Å². The Balaban J connectivity index is 1.59. The molecule has 2 N–H and O–H groups in total. The topological polar surface area (TPSA) is 93.2 Å². The molecule has 7 heteroatoms. The lowest BCUT2D eigenvalue weighted by molar-refractivity contribution is 0.0934. The van der Waals surface area contributed by atoms with Crippen molar-refractivity contribution in [2.75, 3.05) is 6.54 Å². The van der Waals surface area contributed by atoms with E-state index in [-0.39, 0.29) is 17.8 Å². The highest BCUT2D eigenvalue weighted by Gasteiger charge is 2.24. The summed E-state index contributed by atoms with van der Waals surface area (Å²) < 4.78 is 10.5. The Morgan fingerprint density at radius 3 is 3.15 bits per heavy atom. The molecule has 1 aliphatic rings. The molecule has 3 heterocycles. The fourth-order valence-electron chi connectivity index (χ4n) is 2.19. The molecular weight excluding hydrogens is 260 g/mol. The molecule has 3 rings (SSSR count). The number of hydrogen-bond donors (Lipinski definition) is 2. The molecule has 1 amide bonds. The third kappa shape index (κ3) is 2.72. The Kier molecular flexibility index (Phi) is 3.51. The molecule has 1 saturated heterocycles. The molecule has 1 atom stereocenters. The van der Waals surface area contributed by atoms with Crippen LogP contribution in [-0.2, 0) is 6.54 Å². The van der Waals surface area contributed by atoms with Gasteiger partial charge in [-0.25, -0.2) is 0 Å². The number of hydrogen-bond acceptors (Lipinski definition) is 6. The van der Waals surface area contributed by atoms with Gasteiger partial charge in [-0.3, -0.25) is 4.79 Å². The number of nitrogens with zero attached hydrogens (tertiary/aromatic N) is 2. The predicted molar refractivity (Wildman–Crippen MR) is 68.9 cm³/mol. The van der Waals surface area contributed by atoms with E-state index in [1.165, 1.54) is 0 Å². The molecule has 7 nitrogen and oxygen atoms in total.